The highest BCUT2D eigenvalue weighted by atomic mass is 19.3. The van der Waals surface area contributed by atoms with Gasteiger partial charge in [-0.3, -0.25) is 4.79 Å². The summed E-state index contributed by atoms with van der Waals surface area (Å²) in [4.78, 5) is 11.7. The zero-order valence-electron chi connectivity index (χ0n) is 10.5. The highest BCUT2D eigenvalue weighted by Gasteiger charge is 2.24. The second-order valence-corrected chi connectivity index (χ2v) is 4.37. The first kappa shape index (κ1) is 14.0. The van der Waals surface area contributed by atoms with Crippen molar-refractivity contribution < 1.29 is 18.3 Å². The number of hydrogen-bond acceptors (Lipinski definition) is 3. The van der Waals surface area contributed by atoms with Gasteiger partial charge in [-0.1, -0.05) is 12.1 Å². The summed E-state index contributed by atoms with van der Waals surface area (Å²) in [5, 5.41) is 11.7. The number of benzene rings is 1. The number of alkyl halides is 2. The van der Waals surface area contributed by atoms with Gasteiger partial charge in [0.25, 0.3) is 5.91 Å². The maximum Gasteiger partial charge on any atom is 0.387 e. The van der Waals surface area contributed by atoms with E-state index in [0.717, 1.165) is 12.8 Å². The first-order chi connectivity index (χ1) is 9.58. The van der Waals surface area contributed by atoms with E-state index in [-0.39, 0.29) is 17.4 Å². The van der Waals surface area contributed by atoms with Crippen LogP contribution in [0.2, 0.25) is 0 Å². The number of nitrogens with one attached hydrogen (secondary N) is 1. The lowest BCUT2D eigenvalue weighted by molar-refractivity contribution is -0.117. The molecule has 1 aliphatic rings. The summed E-state index contributed by atoms with van der Waals surface area (Å²) in [6, 6.07) is 7.70. The van der Waals surface area contributed by atoms with Crippen molar-refractivity contribution in [2.24, 2.45) is 0 Å². The number of amides is 1. The molecule has 0 heterocycles. The molecular formula is C14H12F2N2O2. The van der Waals surface area contributed by atoms with Gasteiger partial charge in [0.1, 0.15) is 17.4 Å². The Kier molecular flexibility index (Phi) is 4.31. The largest absolute Gasteiger partial charge is 0.435 e. The van der Waals surface area contributed by atoms with Crippen molar-refractivity contribution in [2.45, 2.75) is 25.5 Å². The molecule has 104 valence electrons. The standard InChI is InChI=1S/C14H12F2N2O2/c15-14(16)20-12-5-1-9(2-6-12)7-10(8-17)13(19)18-11-3-4-11/h1-2,5-7,11,14H,3-4H2,(H,18,19)/b10-7+. The fourth-order valence-corrected chi connectivity index (χ4v) is 1.55. The molecule has 1 aliphatic carbocycles. The van der Waals surface area contributed by atoms with E-state index >= 15 is 0 Å². The predicted octanol–water partition coefficient (Wildman–Crippen LogP) is 2.47. The van der Waals surface area contributed by atoms with Crippen LogP contribution in [0, 0.1) is 11.3 Å². The van der Waals surface area contributed by atoms with Gasteiger partial charge in [0.05, 0.1) is 0 Å². The van der Waals surface area contributed by atoms with Crippen LogP contribution >= 0.6 is 0 Å². The molecule has 0 saturated heterocycles. The van der Waals surface area contributed by atoms with E-state index in [0.29, 0.717) is 5.56 Å². The molecule has 1 aromatic rings. The van der Waals surface area contributed by atoms with Gasteiger partial charge < -0.3 is 10.1 Å². The topological polar surface area (TPSA) is 62.1 Å². The normalized spacial score (nSPS) is 14.8. The lowest BCUT2D eigenvalue weighted by Gasteiger charge is -2.04. The van der Waals surface area contributed by atoms with Gasteiger partial charge in [-0.25, -0.2) is 0 Å². The van der Waals surface area contributed by atoms with Gasteiger partial charge in [0, 0.05) is 6.04 Å². The van der Waals surface area contributed by atoms with Crippen molar-refractivity contribution in [3.05, 3.63) is 35.4 Å². The highest BCUT2D eigenvalue weighted by molar-refractivity contribution is 6.01. The van der Waals surface area contributed by atoms with Crippen LogP contribution in [-0.4, -0.2) is 18.6 Å². The minimum atomic E-state index is -2.88. The molecule has 0 radical (unpaired) electrons. The molecule has 0 unspecified atom stereocenters. The SMILES string of the molecule is N#C/C(=C\c1ccc(OC(F)F)cc1)C(=O)NC1CC1. The molecule has 1 N–H and O–H groups in total. The Morgan fingerprint density at radius 3 is 2.55 bits per heavy atom. The minimum absolute atomic E-state index is 0.0144. The predicted molar refractivity (Wildman–Crippen MR) is 67.8 cm³/mol. The summed E-state index contributed by atoms with van der Waals surface area (Å²) in [6.45, 7) is -2.88. The van der Waals surface area contributed by atoms with Crippen LogP contribution in [0.15, 0.2) is 29.8 Å². The third-order valence-corrected chi connectivity index (χ3v) is 2.69. The van der Waals surface area contributed by atoms with Crippen LogP contribution in [0.25, 0.3) is 6.08 Å². The molecule has 20 heavy (non-hydrogen) atoms. The Morgan fingerprint density at radius 2 is 2.05 bits per heavy atom. The van der Waals surface area contributed by atoms with Gasteiger partial charge >= 0.3 is 6.61 Å². The third-order valence-electron chi connectivity index (χ3n) is 2.69. The first-order valence-corrected chi connectivity index (χ1v) is 6.06. The number of nitrogens with zero attached hydrogens (tertiary/aromatic N) is 1. The van der Waals surface area contributed by atoms with Crippen LogP contribution in [0.1, 0.15) is 18.4 Å². The van der Waals surface area contributed by atoms with E-state index in [1.54, 1.807) is 0 Å². The molecule has 6 heteroatoms. The summed E-state index contributed by atoms with van der Waals surface area (Å²) in [5.41, 5.74) is 0.550. The minimum Gasteiger partial charge on any atom is -0.435 e. The van der Waals surface area contributed by atoms with E-state index in [4.69, 9.17) is 5.26 Å². The average Bonchev–Trinajstić information content (AvgIpc) is 3.21. The Morgan fingerprint density at radius 1 is 1.40 bits per heavy atom. The van der Waals surface area contributed by atoms with Crippen LogP contribution < -0.4 is 10.1 Å². The Hall–Kier alpha value is -2.42. The van der Waals surface area contributed by atoms with Crippen LogP contribution in [0.4, 0.5) is 8.78 Å². The number of ether oxygens (including phenoxy) is 1. The number of halogens is 2. The molecule has 0 atom stereocenters. The molecule has 0 aliphatic heterocycles. The lowest BCUT2D eigenvalue weighted by Crippen LogP contribution is -2.26. The smallest absolute Gasteiger partial charge is 0.387 e. The quantitative estimate of drug-likeness (QED) is 0.664. The summed E-state index contributed by atoms with van der Waals surface area (Å²) < 4.78 is 28.2. The number of carbonyl (C=O) groups is 1. The van der Waals surface area contributed by atoms with Crippen molar-refractivity contribution in [1.29, 1.82) is 5.26 Å². The molecule has 4 nitrogen and oxygen atoms in total. The summed E-state index contributed by atoms with van der Waals surface area (Å²) >= 11 is 0. The maximum absolute atomic E-state index is 12.0. The molecular weight excluding hydrogens is 266 g/mol. The Labute approximate surface area is 114 Å². The van der Waals surface area contributed by atoms with Gasteiger partial charge in [0.2, 0.25) is 0 Å². The summed E-state index contributed by atoms with van der Waals surface area (Å²) in [5.74, 6) is -0.388. The number of hydrogen-bond donors (Lipinski definition) is 1. The maximum atomic E-state index is 12.0. The number of rotatable bonds is 5. The fraction of sp³-hybridized carbons (Fsp3) is 0.286. The van der Waals surface area contributed by atoms with Crippen molar-refractivity contribution in [3.8, 4) is 11.8 Å². The van der Waals surface area contributed by atoms with Gasteiger partial charge in [-0.15, -0.1) is 0 Å². The molecule has 1 saturated carbocycles. The summed E-state index contributed by atoms with van der Waals surface area (Å²) in [7, 11) is 0. The van der Waals surface area contributed by atoms with Crippen molar-refractivity contribution in [3.63, 3.8) is 0 Å². The van der Waals surface area contributed by atoms with E-state index in [2.05, 4.69) is 10.1 Å². The number of carbonyl (C=O) groups excluding carboxylic acids is 1. The highest BCUT2D eigenvalue weighted by Crippen LogP contribution is 2.20. The second kappa shape index (κ2) is 6.15. The van der Waals surface area contributed by atoms with Gasteiger partial charge in [0.15, 0.2) is 0 Å². The average molecular weight is 278 g/mol. The molecule has 2 rings (SSSR count). The molecule has 0 spiro atoms. The molecule has 0 bridgehead atoms. The van der Waals surface area contributed by atoms with Gasteiger partial charge in [-0.05, 0) is 36.6 Å². The Bertz CT molecular complexity index is 558. The van der Waals surface area contributed by atoms with E-state index in [1.165, 1.54) is 30.3 Å². The van der Waals surface area contributed by atoms with Crippen LogP contribution in [0.3, 0.4) is 0 Å². The number of nitriles is 1. The third kappa shape index (κ3) is 4.05. The van der Waals surface area contributed by atoms with E-state index in [9.17, 15) is 13.6 Å². The Balaban J connectivity index is 2.07. The first-order valence-electron chi connectivity index (χ1n) is 6.06. The van der Waals surface area contributed by atoms with Crippen LogP contribution in [0.5, 0.6) is 5.75 Å². The van der Waals surface area contributed by atoms with Crippen molar-refractivity contribution in [1.82, 2.24) is 5.32 Å². The van der Waals surface area contributed by atoms with Gasteiger partial charge in [-0.2, -0.15) is 14.0 Å². The molecule has 1 fully saturated rings. The molecule has 1 amide bonds. The summed E-state index contributed by atoms with van der Waals surface area (Å²) in [6.07, 6.45) is 3.28. The van der Waals surface area contributed by atoms with E-state index in [1.807, 2.05) is 6.07 Å². The monoisotopic (exact) mass is 278 g/mol. The second-order valence-electron chi connectivity index (χ2n) is 4.37. The lowest BCUT2D eigenvalue weighted by atomic mass is 10.1. The molecule has 0 aromatic heterocycles. The zero-order chi connectivity index (χ0) is 14.5. The van der Waals surface area contributed by atoms with Crippen LogP contribution in [-0.2, 0) is 4.79 Å². The fourth-order valence-electron chi connectivity index (χ4n) is 1.55. The van der Waals surface area contributed by atoms with Crippen molar-refractivity contribution >= 4 is 12.0 Å². The van der Waals surface area contributed by atoms with Crippen molar-refractivity contribution in [2.75, 3.05) is 0 Å². The van der Waals surface area contributed by atoms with E-state index < -0.39 is 12.5 Å². The molecule has 1 aromatic carbocycles. The zero-order valence-corrected chi connectivity index (χ0v) is 10.5.